The summed E-state index contributed by atoms with van der Waals surface area (Å²) in [7, 11) is 0. The normalized spacial score (nSPS) is 5.00. The van der Waals surface area contributed by atoms with Crippen molar-refractivity contribution in [2.24, 2.45) is 0 Å². The quantitative estimate of drug-likeness (QED) is 0.593. The van der Waals surface area contributed by atoms with E-state index in [0.29, 0.717) is 0 Å². The van der Waals surface area contributed by atoms with E-state index in [2.05, 4.69) is 0 Å². The molecule has 0 aromatic rings. The number of carboxylic acids is 1. The molecule has 3 heteroatoms. The molecule has 0 atom stereocenters. The third-order valence-corrected chi connectivity index (χ3v) is 0. The number of hydrogen-bond donors (Lipinski definition) is 1. The van der Waals surface area contributed by atoms with Crippen LogP contribution < -0.4 is 0 Å². The van der Waals surface area contributed by atoms with Crippen LogP contribution in [-0.4, -0.2) is 11.1 Å². The smallest absolute Gasteiger partial charge is 0.300 e. The van der Waals surface area contributed by atoms with Crippen molar-refractivity contribution in [3.05, 3.63) is 0 Å². The van der Waals surface area contributed by atoms with Gasteiger partial charge in [0.2, 0.25) is 0 Å². The maximum atomic E-state index is 9.00. The minimum absolute atomic E-state index is 0. The number of carbonyl (C=O) groups is 1. The zero-order valence-corrected chi connectivity index (χ0v) is 4.59. The second-order valence-corrected chi connectivity index (χ2v) is 0.519. The number of aliphatic carboxylic acids is 1. The molecule has 0 rings (SSSR count). The van der Waals surface area contributed by atoms with Gasteiger partial charge in [0.25, 0.3) is 5.97 Å². The Balaban J connectivity index is 0. The van der Waals surface area contributed by atoms with Gasteiger partial charge in [0, 0.05) is 44.7 Å². The predicted octanol–water partition coefficient (Wildman–Crippen LogP) is 0.0909. The van der Waals surface area contributed by atoms with E-state index in [9.17, 15) is 0 Å². The second-order valence-electron chi connectivity index (χ2n) is 0.519. The average Bonchev–Trinajstić information content (AvgIpc) is 0.811. The van der Waals surface area contributed by atoms with Crippen LogP contribution in [0, 0.1) is 37.7 Å². The molecule has 5 heavy (non-hydrogen) atoms. The first kappa shape index (κ1) is 9.21. The topological polar surface area (TPSA) is 37.3 Å². The molecule has 0 aliphatic carbocycles. The molecule has 0 saturated carbocycles. The van der Waals surface area contributed by atoms with Gasteiger partial charge in [0.15, 0.2) is 0 Å². The third kappa shape index (κ3) is 66.2. The van der Waals surface area contributed by atoms with E-state index in [1.165, 1.54) is 0 Å². The molecular formula is C2H4HoO2. The first-order valence-corrected chi connectivity index (χ1v) is 0.928. The van der Waals surface area contributed by atoms with Gasteiger partial charge in [-0.05, 0) is 0 Å². The summed E-state index contributed by atoms with van der Waals surface area (Å²) in [5, 5.41) is 7.42. The van der Waals surface area contributed by atoms with E-state index in [0.717, 1.165) is 6.92 Å². The molecule has 0 spiro atoms. The zero-order valence-electron chi connectivity index (χ0n) is 2.66. The summed E-state index contributed by atoms with van der Waals surface area (Å²) in [5.41, 5.74) is 0. The Hall–Kier alpha value is 0.730. The van der Waals surface area contributed by atoms with Crippen molar-refractivity contribution in [3.8, 4) is 0 Å². The van der Waals surface area contributed by atoms with Gasteiger partial charge in [-0.15, -0.1) is 0 Å². The summed E-state index contributed by atoms with van der Waals surface area (Å²) < 4.78 is 0. The number of hydrogen-bond acceptors (Lipinski definition) is 1. The Bertz CT molecular complexity index is 30.6. The summed E-state index contributed by atoms with van der Waals surface area (Å²) in [5.74, 6) is -0.833. The van der Waals surface area contributed by atoms with Gasteiger partial charge >= 0.3 is 0 Å². The molecule has 0 aromatic heterocycles. The summed E-state index contributed by atoms with van der Waals surface area (Å²) >= 11 is 0. The Kier molecular flexibility index (Phi) is 8.72. The Morgan fingerprint density at radius 2 is 1.80 bits per heavy atom. The van der Waals surface area contributed by atoms with Crippen LogP contribution >= 0.6 is 0 Å². The van der Waals surface area contributed by atoms with Crippen molar-refractivity contribution in [3.63, 3.8) is 0 Å². The summed E-state index contributed by atoms with van der Waals surface area (Å²) in [4.78, 5) is 9.00. The van der Waals surface area contributed by atoms with Gasteiger partial charge < -0.3 is 5.11 Å². The van der Waals surface area contributed by atoms with E-state index in [1.807, 2.05) is 0 Å². The first-order valence-electron chi connectivity index (χ1n) is 0.928. The van der Waals surface area contributed by atoms with Gasteiger partial charge in [0.1, 0.15) is 0 Å². The first-order chi connectivity index (χ1) is 1.73. The van der Waals surface area contributed by atoms with Crippen molar-refractivity contribution in [1.82, 2.24) is 0 Å². The summed E-state index contributed by atoms with van der Waals surface area (Å²) in [6.45, 7) is 1.08. The Morgan fingerprint density at radius 3 is 1.80 bits per heavy atom. The molecule has 0 heterocycles. The van der Waals surface area contributed by atoms with Gasteiger partial charge in [-0.1, -0.05) is 0 Å². The number of carboxylic acid groups (broad SMARTS) is 1. The van der Waals surface area contributed by atoms with E-state index in [1.54, 1.807) is 0 Å². The SMILES string of the molecule is CC(=O)O.[Ho]. The predicted molar refractivity (Wildman–Crippen MR) is 13.3 cm³/mol. The van der Waals surface area contributed by atoms with E-state index >= 15 is 0 Å². The molecule has 0 bridgehead atoms. The number of rotatable bonds is 0. The van der Waals surface area contributed by atoms with Crippen molar-refractivity contribution in [2.45, 2.75) is 6.92 Å². The van der Waals surface area contributed by atoms with Crippen molar-refractivity contribution < 1.29 is 47.6 Å². The average molecular weight is 225 g/mol. The van der Waals surface area contributed by atoms with Crippen LogP contribution in [0.3, 0.4) is 0 Å². The van der Waals surface area contributed by atoms with Crippen molar-refractivity contribution >= 4 is 5.97 Å². The van der Waals surface area contributed by atoms with Crippen LogP contribution in [0.15, 0.2) is 0 Å². The van der Waals surface area contributed by atoms with Crippen molar-refractivity contribution in [2.75, 3.05) is 0 Å². The fraction of sp³-hybridized carbons (Fsp3) is 0.500. The van der Waals surface area contributed by atoms with Crippen LogP contribution in [0.5, 0.6) is 0 Å². The van der Waals surface area contributed by atoms with Crippen LogP contribution in [0.4, 0.5) is 0 Å². The third-order valence-electron chi connectivity index (χ3n) is 0. The van der Waals surface area contributed by atoms with E-state index < -0.39 is 5.97 Å². The van der Waals surface area contributed by atoms with Gasteiger partial charge in [-0.3, -0.25) is 4.79 Å². The fourth-order valence-corrected chi connectivity index (χ4v) is 0. The summed E-state index contributed by atoms with van der Waals surface area (Å²) in [6.07, 6.45) is 0. The van der Waals surface area contributed by atoms with Crippen LogP contribution in [0.25, 0.3) is 0 Å². The van der Waals surface area contributed by atoms with Crippen LogP contribution in [0.2, 0.25) is 0 Å². The van der Waals surface area contributed by atoms with E-state index in [-0.39, 0.29) is 37.7 Å². The van der Waals surface area contributed by atoms with Gasteiger partial charge in [-0.2, -0.15) is 0 Å². The van der Waals surface area contributed by atoms with Crippen LogP contribution in [0.1, 0.15) is 6.92 Å². The maximum absolute atomic E-state index is 9.00. The molecule has 0 aliphatic rings. The molecule has 0 amide bonds. The molecule has 0 unspecified atom stereocenters. The second kappa shape index (κ2) is 4.73. The molecule has 1 radical (unpaired) electrons. The van der Waals surface area contributed by atoms with Gasteiger partial charge in [-0.25, -0.2) is 0 Å². The maximum Gasteiger partial charge on any atom is 0.300 e. The largest absolute Gasteiger partial charge is 0.481 e. The molecular weight excluding hydrogens is 221 g/mol. The minimum Gasteiger partial charge on any atom is -0.481 e. The van der Waals surface area contributed by atoms with Gasteiger partial charge in [0.05, 0.1) is 0 Å². The minimum atomic E-state index is -0.833. The Morgan fingerprint density at radius 1 is 1.80 bits per heavy atom. The molecule has 35 valence electrons. The van der Waals surface area contributed by atoms with Crippen LogP contribution in [-0.2, 0) is 4.79 Å². The molecule has 0 fully saturated rings. The summed E-state index contributed by atoms with van der Waals surface area (Å²) in [6, 6.07) is 0. The zero-order chi connectivity index (χ0) is 3.58. The molecule has 2 nitrogen and oxygen atoms in total. The molecule has 1 N–H and O–H groups in total. The molecule has 0 saturated heterocycles. The molecule has 0 aromatic carbocycles. The van der Waals surface area contributed by atoms with E-state index in [4.69, 9.17) is 9.90 Å². The standard InChI is InChI=1S/C2H4O2.Ho/c1-2(3)4;/h1H3,(H,3,4);. The monoisotopic (exact) mass is 225 g/mol. The molecule has 0 aliphatic heterocycles. The Labute approximate surface area is 60.2 Å². The van der Waals surface area contributed by atoms with Crippen molar-refractivity contribution in [1.29, 1.82) is 0 Å². The fourth-order valence-electron chi connectivity index (χ4n) is 0.